The highest BCUT2D eigenvalue weighted by Crippen LogP contribution is 2.40. The fraction of sp³-hybridized carbons (Fsp3) is 0.455. The zero-order chi connectivity index (χ0) is 20.0. The predicted octanol–water partition coefficient (Wildman–Crippen LogP) is 3.86. The molecule has 5 nitrogen and oxygen atoms in total. The Morgan fingerprint density at radius 2 is 1.86 bits per heavy atom. The first-order chi connectivity index (χ1) is 14.0. The third-order valence-electron chi connectivity index (χ3n) is 6.19. The number of fused-ring (bicyclic) bond motifs is 2. The maximum absolute atomic E-state index is 14.1. The minimum atomic E-state index is -0.524. The van der Waals surface area contributed by atoms with Gasteiger partial charge in [0.05, 0.1) is 6.10 Å². The van der Waals surface area contributed by atoms with Gasteiger partial charge in [0.25, 0.3) is 0 Å². The summed E-state index contributed by atoms with van der Waals surface area (Å²) >= 11 is 6.02. The highest BCUT2D eigenvalue weighted by atomic mass is 35.5. The molecule has 1 saturated carbocycles. The molecule has 5 rings (SSSR count). The number of aliphatic hydroxyl groups excluding tert-OH is 1. The lowest BCUT2D eigenvalue weighted by atomic mass is 9.78. The lowest BCUT2D eigenvalue weighted by Crippen LogP contribution is -2.42. The monoisotopic (exact) mass is 419 g/mol. The number of hydrogen-bond donors (Lipinski definition) is 1. The molecule has 2 heterocycles. The van der Waals surface area contributed by atoms with E-state index in [9.17, 15) is 9.50 Å². The van der Waals surface area contributed by atoms with Crippen molar-refractivity contribution in [1.29, 1.82) is 0 Å². The molecular weight excluding hydrogens is 397 g/mol. The second kappa shape index (κ2) is 7.67. The van der Waals surface area contributed by atoms with Crippen LogP contribution in [0.5, 0.6) is 17.2 Å². The van der Waals surface area contributed by atoms with Crippen molar-refractivity contribution in [3.05, 3.63) is 52.8 Å². The normalized spacial score (nSPS) is 28.4. The molecule has 1 saturated heterocycles. The molecule has 4 atom stereocenters. The first-order valence-electron chi connectivity index (χ1n) is 9.96. The Labute approximate surface area is 173 Å². The van der Waals surface area contributed by atoms with Gasteiger partial charge in [-0.25, -0.2) is 4.39 Å². The van der Waals surface area contributed by atoms with Gasteiger partial charge in [0.1, 0.15) is 17.7 Å². The molecule has 0 aromatic heterocycles. The van der Waals surface area contributed by atoms with Crippen LogP contribution in [-0.2, 0) is 6.54 Å². The van der Waals surface area contributed by atoms with Crippen LogP contribution in [0.25, 0.3) is 0 Å². The molecule has 2 aromatic carbocycles. The smallest absolute Gasteiger partial charge is 0.231 e. The first kappa shape index (κ1) is 19.0. The summed E-state index contributed by atoms with van der Waals surface area (Å²) in [4.78, 5) is 2.25. The summed E-state index contributed by atoms with van der Waals surface area (Å²) in [6.45, 7) is 2.47. The number of benzene rings is 2. The molecule has 0 radical (unpaired) electrons. The molecule has 2 aliphatic heterocycles. The van der Waals surface area contributed by atoms with E-state index in [4.69, 9.17) is 25.8 Å². The largest absolute Gasteiger partial charge is 0.488 e. The number of hydrogen-bond acceptors (Lipinski definition) is 5. The van der Waals surface area contributed by atoms with E-state index in [1.807, 2.05) is 18.2 Å². The summed E-state index contributed by atoms with van der Waals surface area (Å²) in [5.41, 5.74) is 0.616. The van der Waals surface area contributed by atoms with Crippen molar-refractivity contribution in [2.24, 2.45) is 11.8 Å². The van der Waals surface area contributed by atoms with Crippen LogP contribution in [0.1, 0.15) is 18.4 Å². The highest BCUT2D eigenvalue weighted by Gasteiger charge is 2.42. The first-order valence-corrected chi connectivity index (χ1v) is 10.3. The standard InChI is InChI=1S/C22H23ClFNO4/c23-16-1-3-18(24)15(5-16)11-25-9-13-6-19(26)21(7-14(13)10-25)29-17-2-4-20-22(8-17)28-12-27-20/h1-5,8,13-14,19,21,26H,6-7,9-12H2/t13-,14+,19+,21+/m0/s1. The van der Waals surface area contributed by atoms with Crippen molar-refractivity contribution in [3.8, 4) is 17.2 Å². The Kier molecular flexibility index (Phi) is 5.02. The van der Waals surface area contributed by atoms with Gasteiger partial charge < -0.3 is 19.3 Å². The number of nitrogens with zero attached hydrogens (tertiary/aromatic N) is 1. The van der Waals surface area contributed by atoms with Crippen molar-refractivity contribution >= 4 is 11.6 Å². The quantitative estimate of drug-likeness (QED) is 0.815. The van der Waals surface area contributed by atoms with E-state index < -0.39 is 6.10 Å². The predicted molar refractivity (Wildman–Crippen MR) is 106 cm³/mol. The second-order valence-electron chi connectivity index (χ2n) is 8.16. The average molecular weight is 420 g/mol. The van der Waals surface area contributed by atoms with Crippen molar-refractivity contribution < 1.29 is 23.7 Å². The van der Waals surface area contributed by atoms with Gasteiger partial charge in [-0.3, -0.25) is 4.90 Å². The SMILES string of the molecule is O[C@@H]1C[C@H]2CN(Cc3cc(Cl)ccc3F)C[C@H]2C[C@H]1Oc1ccc2c(c1)OCO2. The molecule has 0 amide bonds. The molecule has 0 spiro atoms. The minimum absolute atomic E-state index is 0.220. The Morgan fingerprint density at radius 3 is 2.72 bits per heavy atom. The van der Waals surface area contributed by atoms with Crippen molar-refractivity contribution in [2.45, 2.75) is 31.6 Å². The van der Waals surface area contributed by atoms with E-state index in [-0.39, 0.29) is 18.7 Å². The van der Waals surface area contributed by atoms with Crippen LogP contribution in [0.15, 0.2) is 36.4 Å². The van der Waals surface area contributed by atoms with E-state index in [0.717, 1.165) is 19.5 Å². The number of rotatable bonds is 4. The molecule has 1 aliphatic carbocycles. The third kappa shape index (κ3) is 3.89. The zero-order valence-electron chi connectivity index (χ0n) is 15.9. The van der Waals surface area contributed by atoms with Gasteiger partial charge in [0, 0.05) is 36.3 Å². The van der Waals surface area contributed by atoms with Gasteiger partial charge in [-0.05, 0) is 55.0 Å². The molecule has 2 aromatic rings. The van der Waals surface area contributed by atoms with Crippen LogP contribution >= 0.6 is 11.6 Å². The van der Waals surface area contributed by atoms with Crippen LogP contribution < -0.4 is 14.2 Å². The van der Waals surface area contributed by atoms with Gasteiger partial charge in [0.15, 0.2) is 11.5 Å². The summed E-state index contributed by atoms with van der Waals surface area (Å²) in [7, 11) is 0. The van der Waals surface area contributed by atoms with Crippen LogP contribution in [0, 0.1) is 17.7 Å². The van der Waals surface area contributed by atoms with E-state index in [1.165, 1.54) is 6.07 Å². The van der Waals surface area contributed by atoms with Gasteiger partial charge in [-0.2, -0.15) is 0 Å². The number of ether oxygens (including phenoxy) is 3. The lowest BCUT2D eigenvalue weighted by Gasteiger charge is -2.35. The van der Waals surface area contributed by atoms with Crippen LogP contribution in [-0.4, -0.2) is 42.1 Å². The molecule has 3 aliphatic rings. The van der Waals surface area contributed by atoms with E-state index >= 15 is 0 Å². The Bertz CT molecular complexity index is 910. The number of halogens is 2. The van der Waals surface area contributed by atoms with E-state index in [1.54, 1.807) is 12.1 Å². The highest BCUT2D eigenvalue weighted by molar-refractivity contribution is 6.30. The Hall–Kier alpha value is -2.02. The average Bonchev–Trinajstić information content (AvgIpc) is 3.30. The van der Waals surface area contributed by atoms with Gasteiger partial charge in [-0.15, -0.1) is 0 Å². The molecule has 29 heavy (non-hydrogen) atoms. The summed E-state index contributed by atoms with van der Waals surface area (Å²) in [5.74, 6) is 2.63. The van der Waals surface area contributed by atoms with Crippen LogP contribution in [0.3, 0.4) is 0 Å². The summed E-state index contributed by atoms with van der Waals surface area (Å²) in [6.07, 6.45) is 0.674. The maximum atomic E-state index is 14.1. The van der Waals surface area contributed by atoms with Gasteiger partial charge in [-0.1, -0.05) is 11.6 Å². The third-order valence-corrected chi connectivity index (χ3v) is 6.43. The fourth-order valence-electron chi connectivity index (χ4n) is 4.77. The molecular formula is C22H23ClFNO4. The van der Waals surface area contributed by atoms with Crippen molar-refractivity contribution in [2.75, 3.05) is 19.9 Å². The van der Waals surface area contributed by atoms with Crippen molar-refractivity contribution in [1.82, 2.24) is 4.90 Å². The van der Waals surface area contributed by atoms with Gasteiger partial charge >= 0.3 is 0 Å². The molecule has 2 fully saturated rings. The molecule has 1 N–H and O–H groups in total. The molecule has 7 heteroatoms. The van der Waals surface area contributed by atoms with Gasteiger partial charge in [0.2, 0.25) is 6.79 Å². The maximum Gasteiger partial charge on any atom is 0.231 e. The summed E-state index contributed by atoms with van der Waals surface area (Å²) in [5, 5.41) is 11.2. The molecule has 0 bridgehead atoms. The lowest BCUT2D eigenvalue weighted by molar-refractivity contribution is -0.0232. The zero-order valence-corrected chi connectivity index (χ0v) is 16.6. The number of aliphatic hydroxyl groups is 1. The summed E-state index contributed by atoms with van der Waals surface area (Å²) < 4.78 is 30.9. The number of likely N-dealkylation sites (tertiary alicyclic amines) is 1. The topological polar surface area (TPSA) is 51.2 Å². The summed E-state index contributed by atoms with van der Waals surface area (Å²) in [6, 6.07) is 10.2. The fourth-order valence-corrected chi connectivity index (χ4v) is 4.97. The van der Waals surface area contributed by atoms with Crippen LogP contribution in [0.4, 0.5) is 4.39 Å². The molecule has 154 valence electrons. The van der Waals surface area contributed by atoms with Crippen LogP contribution in [0.2, 0.25) is 5.02 Å². The van der Waals surface area contributed by atoms with E-state index in [2.05, 4.69) is 4.90 Å². The Morgan fingerprint density at radius 1 is 1.07 bits per heavy atom. The molecule has 0 unspecified atom stereocenters. The van der Waals surface area contributed by atoms with E-state index in [0.29, 0.717) is 52.6 Å². The Balaban J connectivity index is 1.23. The van der Waals surface area contributed by atoms with Crippen molar-refractivity contribution in [3.63, 3.8) is 0 Å². The second-order valence-corrected chi connectivity index (χ2v) is 8.60. The minimum Gasteiger partial charge on any atom is -0.488 e.